The van der Waals surface area contributed by atoms with Crippen LogP contribution in [0.15, 0.2) is 42.0 Å². The summed E-state index contributed by atoms with van der Waals surface area (Å²) in [6, 6.07) is 12.0. The number of ether oxygens (including phenoxy) is 1. The van der Waals surface area contributed by atoms with Gasteiger partial charge >= 0.3 is 5.97 Å². The lowest BCUT2D eigenvalue weighted by atomic mass is 9.99. The van der Waals surface area contributed by atoms with Crippen LogP contribution in [0, 0.1) is 0 Å². The number of hydrogen-bond donors (Lipinski definition) is 0. The molecule has 0 radical (unpaired) electrons. The van der Waals surface area contributed by atoms with Gasteiger partial charge in [-0.05, 0) is 36.8 Å². The fourth-order valence-electron chi connectivity index (χ4n) is 2.23. The van der Waals surface area contributed by atoms with E-state index in [4.69, 9.17) is 4.74 Å². The highest BCUT2D eigenvalue weighted by Gasteiger charge is 2.28. The highest BCUT2D eigenvalue weighted by molar-refractivity contribution is 6.23. The van der Waals surface area contributed by atoms with Gasteiger partial charge < -0.3 is 4.74 Å². The summed E-state index contributed by atoms with van der Waals surface area (Å²) in [7, 11) is 0. The zero-order chi connectivity index (χ0) is 12.0. The van der Waals surface area contributed by atoms with E-state index >= 15 is 0 Å². The number of carbonyl (C=O) groups excluding carboxylic acids is 1. The van der Waals surface area contributed by atoms with Crippen molar-refractivity contribution in [2.75, 3.05) is 0 Å². The Balaban J connectivity index is 2.35. The van der Waals surface area contributed by atoms with Crippen LogP contribution < -0.4 is 4.74 Å². The second-order valence-corrected chi connectivity index (χ2v) is 4.46. The largest absolute Gasteiger partial charge is 0.422 e. The normalized spacial score (nSPS) is 13.8. The number of hydrogen-bond acceptors (Lipinski definition) is 2. The van der Waals surface area contributed by atoms with E-state index in [1.165, 1.54) is 0 Å². The molecule has 0 amide bonds. The molecule has 3 rings (SSSR count). The Morgan fingerprint density at radius 1 is 1.06 bits per heavy atom. The molecule has 0 fully saturated rings. The molecule has 84 valence electrons. The second kappa shape index (κ2) is 3.45. The molecule has 0 N–H and O–H groups in total. The topological polar surface area (TPSA) is 26.3 Å². The molecule has 0 atom stereocenters. The van der Waals surface area contributed by atoms with Gasteiger partial charge in [0.25, 0.3) is 0 Å². The van der Waals surface area contributed by atoms with Crippen molar-refractivity contribution in [3.8, 4) is 5.75 Å². The van der Waals surface area contributed by atoms with Gasteiger partial charge in [0.2, 0.25) is 0 Å². The van der Waals surface area contributed by atoms with Crippen LogP contribution in [0.2, 0.25) is 0 Å². The quantitative estimate of drug-likeness (QED) is 0.388. The van der Waals surface area contributed by atoms with Gasteiger partial charge in [-0.3, -0.25) is 0 Å². The summed E-state index contributed by atoms with van der Waals surface area (Å²) in [5.74, 6) is 0.431. The Labute approximate surface area is 99.5 Å². The molecule has 0 spiro atoms. The first kappa shape index (κ1) is 10.1. The van der Waals surface area contributed by atoms with Crippen molar-refractivity contribution in [1.82, 2.24) is 0 Å². The molecule has 2 aromatic carbocycles. The average Bonchev–Trinajstić information content (AvgIpc) is 2.60. The van der Waals surface area contributed by atoms with Crippen molar-refractivity contribution in [3.05, 3.63) is 47.5 Å². The monoisotopic (exact) mass is 224 g/mol. The van der Waals surface area contributed by atoms with Crippen LogP contribution in [0.3, 0.4) is 0 Å². The molecule has 1 heterocycles. The van der Waals surface area contributed by atoms with Gasteiger partial charge in [-0.25, -0.2) is 4.79 Å². The Kier molecular flexibility index (Phi) is 2.05. The maximum atomic E-state index is 11.8. The number of esters is 1. The Morgan fingerprint density at radius 2 is 1.71 bits per heavy atom. The number of fused-ring (bicyclic) bond motifs is 2. The Morgan fingerprint density at radius 3 is 2.35 bits per heavy atom. The molecular formula is C15H12O2. The van der Waals surface area contributed by atoms with E-state index < -0.39 is 0 Å². The highest BCUT2D eigenvalue weighted by atomic mass is 16.5. The molecule has 0 saturated carbocycles. The van der Waals surface area contributed by atoms with Gasteiger partial charge in [-0.1, -0.05) is 29.8 Å². The lowest BCUT2D eigenvalue weighted by Crippen LogP contribution is -2.01. The van der Waals surface area contributed by atoms with Crippen molar-refractivity contribution < 1.29 is 9.53 Å². The summed E-state index contributed by atoms with van der Waals surface area (Å²) in [6.45, 7) is 3.86. The minimum atomic E-state index is -0.240. The zero-order valence-corrected chi connectivity index (χ0v) is 9.78. The molecular weight excluding hydrogens is 212 g/mol. The molecule has 17 heavy (non-hydrogen) atoms. The number of rotatable bonds is 0. The zero-order valence-electron chi connectivity index (χ0n) is 9.78. The molecule has 1 aliphatic rings. The first-order valence-electron chi connectivity index (χ1n) is 5.59. The Hall–Kier alpha value is -2.09. The van der Waals surface area contributed by atoms with Crippen LogP contribution in [0.1, 0.15) is 19.4 Å². The molecule has 0 saturated heterocycles. The van der Waals surface area contributed by atoms with E-state index in [9.17, 15) is 4.79 Å². The van der Waals surface area contributed by atoms with Crippen LogP contribution in [0.25, 0.3) is 16.3 Å². The molecule has 2 nitrogen and oxygen atoms in total. The van der Waals surface area contributed by atoms with Crippen LogP contribution in [0.5, 0.6) is 5.75 Å². The molecule has 2 heteroatoms. The van der Waals surface area contributed by atoms with E-state index in [0.29, 0.717) is 11.3 Å². The lowest BCUT2D eigenvalue weighted by molar-refractivity contribution is -0.127. The number of allylic oxidation sites excluding steroid dienone is 1. The summed E-state index contributed by atoms with van der Waals surface area (Å²) in [6.07, 6.45) is 0. The maximum Gasteiger partial charge on any atom is 0.344 e. The summed E-state index contributed by atoms with van der Waals surface area (Å²) in [4.78, 5) is 11.8. The molecule has 0 aliphatic carbocycles. The van der Waals surface area contributed by atoms with Gasteiger partial charge in [-0.15, -0.1) is 0 Å². The smallest absolute Gasteiger partial charge is 0.344 e. The summed E-state index contributed by atoms with van der Waals surface area (Å²) in [5, 5.41) is 2.22. The molecule has 0 aromatic heterocycles. The summed E-state index contributed by atoms with van der Waals surface area (Å²) < 4.78 is 5.29. The van der Waals surface area contributed by atoms with Gasteiger partial charge in [0.05, 0.1) is 5.57 Å². The predicted molar refractivity (Wildman–Crippen MR) is 67.9 cm³/mol. The first-order valence-corrected chi connectivity index (χ1v) is 5.59. The van der Waals surface area contributed by atoms with Gasteiger partial charge in [0.1, 0.15) is 5.75 Å². The molecule has 1 aliphatic heterocycles. The third kappa shape index (κ3) is 1.45. The maximum absolute atomic E-state index is 11.8. The van der Waals surface area contributed by atoms with E-state index in [2.05, 4.69) is 0 Å². The Bertz CT molecular complexity index is 662. The number of carbonyl (C=O) groups is 1. The molecule has 0 bridgehead atoms. The van der Waals surface area contributed by atoms with Crippen LogP contribution in [-0.4, -0.2) is 5.97 Å². The van der Waals surface area contributed by atoms with E-state index in [0.717, 1.165) is 21.9 Å². The fraction of sp³-hybridized carbons (Fsp3) is 0.133. The van der Waals surface area contributed by atoms with E-state index in [1.807, 2.05) is 50.2 Å². The van der Waals surface area contributed by atoms with Gasteiger partial charge in [-0.2, -0.15) is 0 Å². The van der Waals surface area contributed by atoms with Crippen molar-refractivity contribution >= 4 is 22.3 Å². The number of benzene rings is 2. The first-order chi connectivity index (χ1) is 8.16. The fourth-order valence-corrected chi connectivity index (χ4v) is 2.23. The van der Waals surface area contributed by atoms with Crippen molar-refractivity contribution in [2.45, 2.75) is 13.8 Å². The molecule has 0 unspecified atom stereocenters. The van der Waals surface area contributed by atoms with Crippen LogP contribution in [-0.2, 0) is 4.79 Å². The average molecular weight is 224 g/mol. The molecule has 2 aromatic rings. The van der Waals surface area contributed by atoms with Gasteiger partial charge in [0.15, 0.2) is 0 Å². The van der Waals surface area contributed by atoms with Crippen molar-refractivity contribution in [3.63, 3.8) is 0 Å². The van der Waals surface area contributed by atoms with Crippen molar-refractivity contribution in [1.29, 1.82) is 0 Å². The second-order valence-electron chi connectivity index (χ2n) is 4.46. The van der Waals surface area contributed by atoms with Crippen LogP contribution >= 0.6 is 0 Å². The lowest BCUT2D eigenvalue weighted by Gasteiger charge is -2.01. The minimum Gasteiger partial charge on any atom is -0.422 e. The summed E-state index contributed by atoms with van der Waals surface area (Å²) in [5.41, 5.74) is 2.60. The standard InChI is InChI=1S/C15H12O2/c1-9(2)14-12-7-10-5-3-4-6-11(10)8-13(12)17-15(14)16/h3-8H,1-2H3. The predicted octanol–water partition coefficient (Wildman–Crippen LogP) is 3.55. The van der Waals surface area contributed by atoms with E-state index in [-0.39, 0.29) is 5.97 Å². The van der Waals surface area contributed by atoms with Crippen LogP contribution in [0.4, 0.5) is 0 Å². The summed E-state index contributed by atoms with van der Waals surface area (Å²) >= 11 is 0. The minimum absolute atomic E-state index is 0.240. The SMILES string of the molecule is CC(C)=C1C(=O)Oc2cc3ccccc3cc21. The van der Waals surface area contributed by atoms with Gasteiger partial charge in [0, 0.05) is 5.56 Å². The van der Waals surface area contributed by atoms with E-state index in [1.54, 1.807) is 0 Å². The third-order valence-electron chi connectivity index (χ3n) is 3.02. The third-order valence-corrected chi connectivity index (χ3v) is 3.02. The highest BCUT2D eigenvalue weighted by Crippen LogP contribution is 2.38. The van der Waals surface area contributed by atoms with Crippen molar-refractivity contribution in [2.24, 2.45) is 0 Å².